The SMILES string of the molecule is Cc1nc(-c2ccc(O)cc2)cc2c1c(=O)oc1ccccc12. The van der Waals surface area contributed by atoms with Gasteiger partial charge in [-0.25, -0.2) is 4.79 Å². The van der Waals surface area contributed by atoms with Crippen LogP contribution in [0.1, 0.15) is 5.69 Å². The second-order valence-corrected chi connectivity index (χ2v) is 5.45. The molecule has 0 unspecified atom stereocenters. The van der Waals surface area contributed by atoms with Gasteiger partial charge in [0.05, 0.1) is 16.8 Å². The topological polar surface area (TPSA) is 63.3 Å². The first-order valence-corrected chi connectivity index (χ1v) is 7.26. The zero-order valence-electron chi connectivity index (χ0n) is 12.4. The number of para-hydroxylation sites is 1. The number of hydrogen-bond donors (Lipinski definition) is 1. The largest absolute Gasteiger partial charge is 0.508 e. The number of hydrogen-bond acceptors (Lipinski definition) is 4. The fraction of sp³-hybridized carbons (Fsp3) is 0.0526. The van der Waals surface area contributed by atoms with Crippen LogP contribution in [-0.4, -0.2) is 10.1 Å². The molecule has 4 heteroatoms. The van der Waals surface area contributed by atoms with Gasteiger partial charge in [-0.2, -0.15) is 0 Å². The van der Waals surface area contributed by atoms with Crippen LogP contribution in [0.2, 0.25) is 0 Å². The van der Waals surface area contributed by atoms with E-state index in [1.54, 1.807) is 37.3 Å². The molecule has 1 N–H and O–H groups in total. The third-order valence-electron chi connectivity index (χ3n) is 3.95. The van der Waals surface area contributed by atoms with Gasteiger partial charge in [0, 0.05) is 16.3 Å². The molecule has 2 aromatic heterocycles. The fourth-order valence-corrected chi connectivity index (χ4v) is 2.85. The van der Waals surface area contributed by atoms with Gasteiger partial charge in [0.1, 0.15) is 11.3 Å². The Hall–Kier alpha value is -3.14. The highest BCUT2D eigenvalue weighted by molar-refractivity contribution is 6.06. The van der Waals surface area contributed by atoms with E-state index >= 15 is 0 Å². The summed E-state index contributed by atoms with van der Waals surface area (Å²) in [6.45, 7) is 1.80. The summed E-state index contributed by atoms with van der Waals surface area (Å²) in [5, 5.41) is 11.6. The maximum Gasteiger partial charge on any atom is 0.346 e. The molecule has 0 fully saturated rings. The quantitative estimate of drug-likeness (QED) is 0.426. The van der Waals surface area contributed by atoms with Crippen LogP contribution in [0.15, 0.2) is 63.8 Å². The fourth-order valence-electron chi connectivity index (χ4n) is 2.85. The molecule has 0 radical (unpaired) electrons. The highest BCUT2D eigenvalue weighted by Gasteiger charge is 2.12. The molecule has 4 rings (SSSR count). The van der Waals surface area contributed by atoms with Gasteiger partial charge >= 0.3 is 5.63 Å². The second-order valence-electron chi connectivity index (χ2n) is 5.45. The molecular formula is C19H13NO3. The van der Waals surface area contributed by atoms with E-state index in [-0.39, 0.29) is 11.4 Å². The number of aromatic hydroxyl groups is 1. The predicted molar refractivity (Wildman–Crippen MR) is 89.6 cm³/mol. The maximum atomic E-state index is 12.3. The van der Waals surface area contributed by atoms with Gasteiger partial charge in [0.2, 0.25) is 0 Å². The Morgan fingerprint density at radius 3 is 2.52 bits per heavy atom. The van der Waals surface area contributed by atoms with Crippen LogP contribution in [0.5, 0.6) is 5.75 Å². The summed E-state index contributed by atoms with van der Waals surface area (Å²) in [7, 11) is 0. The zero-order valence-corrected chi connectivity index (χ0v) is 12.4. The third kappa shape index (κ3) is 2.16. The Bertz CT molecular complexity index is 1100. The van der Waals surface area contributed by atoms with Gasteiger partial charge < -0.3 is 9.52 Å². The molecule has 112 valence electrons. The molecular weight excluding hydrogens is 290 g/mol. The maximum absolute atomic E-state index is 12.3. The molecule has 0 atom stereocenters. The van der Waals surface area contributed by atoms with Crippen molar-refractivity contribution in [1.82, 2.24) is 4.98 Å². The van der Waals surface area contributed by atoms with E-state index in [4.69, 9.17) is 4.42 Å². The van der Waals surface area contributed by atoms with Gasteiger partial charge in [-0.15, -0.1) is 0 Å². The van der Waals surface area contributed by atoms with Crippen molar-refractivity contribution in [3.8, 4) is 17.0 Å². The van der Waals surface area contributed by atoms with E-state index in [0.717, 1.165) is 22.0 Å². The Labute approximate surface area is 131 Å². The molecule has 0 amide bonds. The molecule has 0 spiro atoms. The smallest absolute Gasteiger partial charge is 0.346 e. The molecule has 0 saturated heterocycles. The monoisotopic (exact) mass is 303 g/mol. The standard InChI is InChI=1S/C19H13NO3/c1-11-18-15(14-4-2-3-5-17(14)23-19(18)22)10-16(20-11)12-6-8-13(21)9-7-12/h2-10,21H,1H3. The molecule has 0 aliphatic rings. The number of phenols is 1. The summed E-state index contributed by atoms with van der Waals surface area (Å²) in [6, 6.07) is 16.2. The first-order chi connectivity index (χ1) is 11.1. The average Bonchev–Trinajstić information content (AvgIpc) is 2.55. The number of pyridine rings is 1. The van der Waals surface area contributed by atoms with Crippen LogP contribution < -0.4 is 5.63 Å². The number of aromatic nitrogens is 1. The van der Waals surface area contributed by atoms with E-state index in [0.29, 0.717) is 16.7 Å². The predicted octanol–water partition coefficient (Wildman–Crippen LogP) is 4.02. The highest BCUT2D eigenvalue weighted by atomic mass is 16.4. The number of benzene rings is 2. The second kappa shape index (κ2) is 4.95. The summed E-state index contributed by atoms with van der Waals surface area (Å²) < 4.78 is 5.39. The summed E-state index contributed by atoms with van der Waals surface area (Å²) >= 11 is 0. The Morgan fingerprint density at radius 1 is 1.00 bits per heavy atom. The lowest BCUT2D eigenvalue weighted by Crippen LogP contribution is -2.04. The van der Waals surface area contributed by atoms with Crippen LogP contribution in [0.25, 0.3) is 33.0 Å². The van der Waals surface area contributed by atoms with E-state index < -0.39 is 0 Å². The molecule has 4 nitrogen and oxygen atoms in total. The summed E-state index contributed by atoms with van der Waals surface area (Å²) in [6.07, 6.45) is 0. The Kier molecular flexibility index (Phi) is 2.91. The van der Waals surface area contributed by atoms with Gasteiger partial charge in [0.15, 0.2) is 0 Å². The van der Waals surface area contributed by atoms with Crippen molar-refractivity contribution in [2.45, 2.75) is 6.92 Å². The molecule has 0 aliphatic heterocycles. The minimum atomic E-state index is -0.374. The van der Waals surface area contributed by atoms with E-state index in [2.05, 4.69) is 4.98 Å². The normalized spacial score (nSPS) is 11.2. The number of rotatable bonds is 1. The van der Waals surface area contributed by atoms with Crippen LogP contribution in [0.3, 0.4) is 0 Å². The Morgan fingerprint density at radius 2 is 1.74 bits per heavy atom. The lowest BCUT2D eigenvalue weighted by atomic mass is 10.0. The minimum Gasteiger partial charge on any atom is -0.508 e. The first kappa shape index (κ1) is 13.5. The molecule has 2 heterocycles. The Balaban J connectivity index is 2.11. The van der Waals surface area contributed by atoms with Crippen molar-refractivity contribution in [3.63, 3.8) is 0 Å². The van der Waals surface area contributed by atoms with Crippen molar-refractivity contribution in [3.05, 3.63) is 70.7 Å². The van der Waals surface area contributed by atoms with Gasteiger partial charge in [-0.05, 0) is 43.3 Å². The van der Waals surface area contributed by atoms with E-state index in [9.17, 15) is 9.90 Å². The first-order valence-electron chi connectivity index (χ1n) is 7.26. The molecule has 2 aromatic carbocycles. The molecule has 0 aliphatic carbocycles. The summed E-state index contributed by atoms with van der Waals surface area (Å²) in [5.41, 5.74) is 2.45. The number of nitrogens with zero attached hydrogens (tertiary/aromatic N) is 1. The molecule has 4 aromatic rings. The third-order valence-corrected chi connectivity index (χ3v) is 3.95. The van der Waals surface area contributed by atoms with E-state index in [1.807, 2.05) is 24.3 Å². The van der Waals surface area contributed by atoms with E-state index in [1.165, 1.54) is 0 Å². The lowest BCUT2D eigenvalue weighted by molar-refractivity contribution is 0.475. The van der Waals surface area contributed by atoms with Gasteiger partial charge in [-0.3, -0.25) is 4.98 Å². The number of aryl methyl sites for hydroxylation is 1. The van der Waals surface area contributed by atoms with Crippen molar-refractivity contribution >= 4 is 21.7 Å². The number of phenolic OH excluding ortho intramolecular Hbond substituents is 1. The summed E-state index contributed by atoms with van der Waals surface area (Å²) in [4.78, 5) is 16.8. The van der Waals surface area contributed by atoms with Gasteiger partial charge in [-0.1, -0.05) is 18.2 Å². The minimum absolute atomic E-state index is 0.206. The van der Waals surface area contributed by atoms with Gasteiger partial charge in [0.25, 0.3) is 0 Å². The van der Waals surface area contributed by atoms with Crippen LogP contribution in [0, 0.1) is 6.92 Å². The highest BCUT2D eigenvalue weighted by Crippen LogP contribution is 2.29. The van der Waals surface area contributed by atoms with Crippen molar-refractivity contribution in [2.24, 2.45) is 0 Å². The average molecular weight is 303 g/mol. The van der Waals surface area contributed by atoms with Crippen LogP contribution in [0.4, 0.5) is 0 Å². The van der Waals surface area contributed by atoms with Crippen LogP contribution >= 0.6 is 0 Å². The van der Waals surface area contributed by atoms with Crippen molar-refractivity contribution < 1.29 is 9.52 Å². The van der Waals surface area contributed by atoms with Crippen molar-refractivity contribution in [1.29, 1.82) is 0 Å². The lowest BCUT2D eigenvalue weighted by Gasteiger charge is -2.08. The number of fused-ring (bicyclic) bond motifs is 3. The zero-order chi connectivity index (χ0) is 16.0. The molecule has 0 bridgehead atoms. The van der Waals surface area contributed by atoms with Crippen molar-refractivity contribution in [2.75, 3.05) is 0 Å². The molecule has 0 saturated carbocycles. The summed E-state index contributed by atoms with van der Waals surface area (Å²) in [5.74, 6) is 0.206. The molecule has 23 heavy (non-hydrogen) atoms. The van der Waals surface area contributed by atoms with Crippen LogP contribution in [-0.2, 0) is 0 Å².